The first-order valence-corrected chi connectivity index (χ1v) is 11.7. The molecule has 3 amide bonds. The van der Waals surface area contributed by atoms with E-state index in [0.29, 0.717) is 19.4 Å². The maximum absolute atomic E-state index is 12.8. The summed E-state index contributed by atoms with van der Waals surface area (Å²) >= 11 is 0. The van der Waals surface area contributed by atoms with Crippen LogP contribution in [0.5, 0.6) is 0 Å². The fraction of sp³-hybridized carbons (Fsp3) is 0.889. The van der Waals surface area contributed by atoms with E-state index in [1.54, 1.807) is 4.90 Å². The maximum atomic E-state index is 12.8. The van der Waals surface area contributed by atoms with Crippen LogP contribution in [0.4, 0.5) is 4.79 Å². The summed E-state index contributed by atoms with van der Waals surface area (Å²) in [7, 11) is 0.0373. The maximum Gasteiger partial charge on any atom is 0.326 e. The Balaban J connectivity index is 1.51. The van der Waals surface area contributed by atoms with E-state index in [0.717, 1.165) is 25.9 Å². The Morgan fingerprint density at radius 3 is 2.54 bits per heavy atom. The Kier molecular flexibility index (Phi) is 4.96. The number of urea groups is 1. The van der Waals surface area contributed by atoms with E-state index in [1.807, 2.05) is 14.0 Å². The second-order valence-corrected chi connectivity index (χ2v) is 11.1. The predicted molar refractivity (Wildman–Crippen MR) is 104 cm³/mol. The van der Waals surface area contributed by atoms with Crippen LogP contribution in [0, 0.1) is 5.92 Å². The van der Waals surface area contributed by atoms with Gasteiger partial charge in [-0.3, -0.25) is 19.9 Å². The molecule has 0 aromatic rings. The number of fused-ring (bicyclic) bond motifs is 1. The van der Waals surface area contributed by atoms with Crippen LogP contribution < -0.4 is 10.0 Å². The zero-order valence-electron chi connectivity index (χ0n) is 16.8. The molecule has 2 aliphatic heterocycles. The summed E-state index contributed by atoms with van der Waals surface area (Å²) in [5.74, 6) is -0.715. The first kappa shape index (κ1) is 20.1. The first-order chi connectivity index (χ1) is 13.1. The molecule has 0 spiro atoms. The number of nitrogens with one attached hydrogen (secondary N) is 2. The van der Waals surface area contributed by atoms with Gasteiger partial charge in [0.2, 0.25) is 15.9 Å². The number of sulfonamides is 1. The van der Waals surface area contributed by atoms with E-state index in [4.69, 9.17) is 0 Å². The third-order valence-electron chi connectivity index (χ3n) is 6.92. The van der Waals surface area contributed by atoms with Crippen LogP contribution in [0.2, 0.25) is 0 Å². The van der Waals surface area contributed by atoms with E-state index in [1.165, 1.54) is 11.9 Å². The first-order valence-electron chi connectivity index (χ1n) is 10.2. The van der Waals surface area contributed by atoms with Gasteiger partial charge in [-0.2, -0.15) is 0 Å². The number of amides is 3. The molecular formula is C18H31N5O4S. The van der Waals surface area contributed by atoms with Gasteiger partial charge in [-0.05, 0) is 46.1 Å². The van der Waals surface area contributed by atoms with Gasteiger partial charge in [0.15, 0.2) is 0 Å². The highest BCUT2D eigenvalue weighted by Gasteiger charge is 2.51. The highest BCUT2D eigenvalue weighted by atomic mass is 32.2. The molecule has 2 saturated heterocycles. The Morgan fingerprint density at radius 2 is 1.93 bits per heavy atom. The minimum absolute atomic E-state index is 0.0594. The van der Waals surface area contributed by atoms with Gasteiger partial charge >= 0.3 is 6.03 Å². The normalized spacial score (nSPS) is 36.0. The van der Waals surface area contributed by atoms with Crippen molar-refractivity contribution in [2.45, 2.75) is 62.0 Å². The molecule has 0 aromatic heterocycles. The molecule has 2 heterocycles. The second-order valence-electron chi connectivity index (χ2n) is 9.10. The zero-order valence-corrected chi connectivity index (χ0v) is 17.7. The Hall–Kier alpha value is -1.23. The van der Waals surface area contributed by atoms with Gasteiger partial charge in [-0.25, -0.2) is 17.9 Å². The number of hydrogen-bond acceptors (Lipinski definition) is 6. The van der Waals surface area contributed by atoms with Gasteiger partial charge in [0.1, 0.15) is 0 Å². The molecule has 2 aliphatic carbocycles. The third-order valence-corrected chi connectivity index (χ3v) is 9.00. The Labute approximate surface area is 166 Å². The van der Waals surface area contributed by atoms with Crippen molar-refractivity contribution in [1.82, 2.24) is 24.7 Å². The molecule has 4 atom stereocenters. The Bertz CT molecular complexity index is 768. The van der Waals surface area contributed by atoms with Crippen LogP contribution in [-0.4, -0.2) is 91.8 Å². The predicted octanol–water partition coefficient (Wildman–Crippen LogP) is -0.249. The lowest BCUT2D eigenvalue weighted by Crippen LogP contribution is -2.65. The van der Waals surface area contributed by atoms with Crippen molar-refractivity contribution in [3.05, 3.63) is 0 Å². The van der Waals surface area contributed by atoms with E-state index >= 15 is 0 Å². The molecular weight excluding hydrogens is 382 g/mol. The van der Waals surface area contributed by atoms with Crippen LogP contribution in [0.1, 0.15) is 39.0 Å². The smallest absolute Gasteiger partial charge is 0.318 e. The number of likely N-dealkylation sites (N-methyl/N-ethyl adjacent to an activating group) is 1. The molecule has 0 bridgehead atoms. The largest absolute Gasteiger partial charge is 0.326 e. The molecule has 2 saturated carbocycles. The van der Waals surface area contributed by atoms with Crippen LogP contribution in [0.3, 0.4) is 0 Å². The van der Waals surface area contributed by atoms with E-state index in [-0.39, 0.29) is 36.1 Å². The van der Waals surface area contributed by atoms with Crippen molar-refractivity contribution in [3.63, 3.8) is 0 Å². The van der Waals surface area contributed by atoms with Gasteiger partial charge in [-0.1, -0.05) is 0 Å². The summed E-state index contributed by atoms with van der Waals surface area (Å²) in [5.41, 5.74) is -0.316. The standard InChI is InChI=1S/C18H31N5O4S/c1-18(6-7-18)20-28(26,27)12-4-5-14-13(10-12)16(24)22(3)17(25)23(14)11-15-19-8-9-21(15)2/h12-15,19-20H,4-11H2,1-3H3. The molecule has 2 N–H and O–H groups in total. The van der Waals surface area contributed by atoms with Crippen molar-refractivity contribution >= 4 is 22.0 Å². The van der Waals surface area contributed by atoms with E-state index in [2.05, 4.69) is 14.9 Å². The van der Waals surface area contributed by atoms with Gasteiger partial charge in [0, 0.05) is 31.7 Å². The summed E-state index contributed by atoms with van der Waals surface area (Å²) in [4.78, 5) is 30.7. The molecule has 10 heteroatoms. The number of hydrogen-bond donors (Lipinski definition) is 2. The van der Waals surface area contributed by atoms with Gasteiger partial charge in [0.25, 0.3) is 0 Å². The fourth-order valence-electron chi connectivity index (χ4n) is 4.75. The minimum atomic E-state index is -3.48. The summed E-state index contributed by atoms with van der Waals surface area (Å²) in [6.07, 6.45) is 3.06. The molecule has 158 valence electrons. The number of carbonyl (C=O) groups is 2. The summed E-state index contributed by atoms with van der Waals surface area (Å²) in [6, 6.07) is -0.506. The molecule has 4 aliphatic rings. The average molecular weight is 414 g/mol. The van der Waals surface area contributed by atoms with Gasteiger partial charge in [0.05, 0.1) is 23.9 Å². The number of imide groups is 1. The third kappa shape index (κ3) is 3.55. The Morgan fingerprint density at radius 1 is 1.21 bits per heavy atom. The van der Waals surface area contributed by atoms with Crippen molar-refractivity contribution in [3.8, 4) is 0 Å². The lowest BCUT2D eigenvalue weighted by atomic mass is 9.81. The quantitative estimate of drug-likeness (QED) is 0.645. The molecule has 0 radical (unpaired) electrons. The number of carbonyl (C=O) groups excluding carboxylic acids is 2. The lowest BCUT2D eigenvalue weighted by molar-refractivity contribution is -0.139. The topological polar surface area (TPSA) is 102 Å². The van der Waals surface area contributed by atoms with E-state index in [9.17, 15) is 18.0 Å². The summed E-state index contributed by atoms with van der Waals surface area (Å²) in [6.45, 7) is 4.21. The van der Waals surface area contributed by atoms with Crippen molar-refractivity contribution in [2.75, 3.05) is 33.7 Å². The molecule has 9 nitrogen and oxygen atoms in total. The highest BCUT2D eigenvalue weighted by Crippen LogP contribution is 2.40. The molecule has 4 fully saturated rings. The van der Waals surface area contributed by atoms with Gasteiger partial charge < -0.3 is 4.90 Å². The SMILES string of the molecule is CN1C(=O)C2CC(S(=O)(=O)NC3(C)CC3)CCC2N(CC2NCCN2C)C1=O. The molecule has 0 aromatic carbocycles. The summed E-state index contributed by atoms with van der Waals surface area (Å²) in [5, 5.41) is 2.81. The number of rotatable bonds is 5. The molecule has 4 unspecified atom stereocenters. The average Bonchev–Trinajstić information content (AvgIpc) is 3.22. The second kappa shape index (κ2) is 6.93. The summed E-state index contributed by atoms with van der Waals surface area (Å²) < 4.78 is 28.5. The highest BCUT2D eigenvalue weighted by molar-refractivity contribution is 7.90. The fourth-order valence-corrected chi connectivity index (χ4v) is 6.72. The molecule has 4 rings (SSSR count). The van der Waals surface area contributed by atoms with Gasteiger partial charge in [-0.15, -0.1) is 0 Å². The van der Waals surface area contributed by atoms with Crippen LogP contribution in [-0.2, 0) is 14.8 Å². The molecule has 28 heavy (non-hydrogen) atoms. The minimum Gasteiger partial charge on any atom is -0.318 e. The van der Waals surface area contributed by atoms with Crippen LogP contribution >= 0.6 is 0 Å². The van der Waals surface area contributed by atoms with E-state index < -0.39 is 21.2 Å². The monoisotopic (exact) mass is 413 g/mol. The van der Waals surface area contributed by atoms with Crippen molar-refractivity contribution in [1.29, 1.82) is 0 Å². The lowest BCUT2D eigenvalue weighted by Gasteiger charge is -2.48. The van der Waals surface area contributed by atoms with Crippen molar-refractivity contribution < 1.29 is 18.0 Å². The number of nitrogens with zero attached hydrogens (tertiary/aromatic N) is 3. The zero-order chi connectivity index (χ0) is 20.3. The van der Waals surface area contributed by atoms with Crippen LogP contribution in [0.15, 0.2) is 0 Å². The van der Waals surface area contributed by atoms with Crippen molar-refractivity contribution in [2.24, 2.45) is 5.92 Å². The van der Waals surface area contributed by atoms with Crippen LogP contribution in [0.25, 0.3) is 0 Å².